The van der Waals surface area contributed by atoms with Crippen LogP contribution in [-0.4, -0.2) is 0 Å². The van der Waals surface area contributed by atoms with E-state index in [0.29, 0.717) is 0 Å². The molecule has 0 fully saturated rings. The van der Waals surface area contributed by atoms with Gasteiger partial charge in [-0.15, -0.1) is 11.3 Å². The molecule has 0 unspecified atom stereocenters. The molecule has 0 atom stereocenters. The van der Waals surface area contributed by atoms with Crippen molar-refractivity contribution in [2.45, 2.75) is 13.3 Å². The molecule has 0 N–H and O–H groups in total. The van der Waals surface area contributed by atoms with E-state index in [9.17, 15) is 0 Å². The summed E-state index contributed by atoms with van der Waals surface area (Å²) in [5, 5.41) is 0.799. The van der Waals surface area contributed by atoms with E-state index in [1.54, 1.807) is 17.4 Å². The number of rotatable bonds is 1. The van der Waals surface area contributed by atoms with Crippen molar-refractivity contribution in [3.63, 3.8) is 0 Å². The normalized spacial score (nSPS) is 10.1. The highest BCUT2D eigenvalue weighted by Crippen LogP contribution is 2.30. The Morgan fingerprint density at radius 1 is 1.56 bits per heavy atom. The fraction of sp³-hybridized carbons (Fsp3) is 0.333. The third kappa shape index (κ3) is 1.60. The third-order valence-electron chi connectivity index (χ3n) is 1.05. The van der Waals surface area contributed by atoms with E-state index >= 15 is 0 Å². The van der Waals surface area contributed by atoms with Crippen molar-refractivity contribution in [3.8, 4) is 0 Å². The molecule has 0 nitrogen and oxygen atoms in total. The largest absolute Gasteiger partial charge is 0.127 e. The van der Waals surface area contributed by atoms with Crippen molar-refractivity contribution < 1.29 is 0 Å². The van der Waals surface area contributed by atoms with Crippen LogP contribution in [0.3, 0.4) is 0 Å². The monoisotopic (exact) mass is 180 g/mol. The summed E-state index contributed by atoms with van der Waals surface area (Å²) in [6, 6.07) is 1.78. The van der Waals surface area contributed by atoms with E-state index in [1.165, 1.54) is 4.88 Å². The molecule has 9 heavy (non-hydrogen) atoms. The molecule has 50 valence electrons. The van der Waals surface area contributed by atoms with Gasteiger partial charge in [-0.2, -0.15) is 0 Å². The van der Waals surface area contributed by atoms with Crippen molar-refractivity contribution in [1.29, 1.82) is 0 Å². The van der Waals surface area contributed by atoms with E-state index < -0.39 is 0 Å². The standard InChI is InChI=1S/C6H6Cl2S/c1-2-5-4(7)3-6(8)9-5/h3H,2H2,1H3. The van der Waals surface area contributed by atoms with Crippen LogP contribution in [0.1, 0.15) is 11.8 Å². The van der Waals surface area contributed by atoms with Crippen molar-refractivity contribution in [2.75, 3.05) is 0 Å². The Balaban J connectivity index is 3.01. The Hall–Kier alpha value is 0.280. The van der Waals surface area contributed by atoms with Crippen LogP contribution in [0.4, 0.5) is 0 Å². The predicted octanol–water partition coefficient (Wildman–Crippen LogP) is 3.62. The van der Waals surface area contributed by atoms with Crippen LogP contribution < -0.4 is 0 Å². The lowest BCUT2D eigenvalue weighted by molar-refractivity contribution is 1.19. The molecule has 3 heteroatoms. The van der Waals surface area contributed by atoms with Crippen molar-refractivity contribution in [2.24, 2.45) is 0 Å². The molecule has 0 aromatic carbocycles. The average molecular weight is 181 g/mol. The Kier molecular flexibility index (Phi) is 2.39. The topological polar surface area (TPSA) is 0 Å². The van der Waals surface area contributed by atoms with Gasteiger partial charge in [0, 0.05) is 4.88 Å². The third-order valence-corrected chi connectivity index (χ3v) is 2.91. The fourth-order valence-electron chi connectivity index (χ4n) is 0.617. The van der Waals surface area contributed by atoms with Crippen molar-refractivity contribution >= 4 is 34.5 Å². The van der Waals surface area contributed by atoms with Gasteiger partial charge in [0.25, 0.3) is 0 Å². The van der Waals surface area contributed by atoms with Gasteiger partial charge in [0.05, 0.1) is 9.36 Å². The minimum Gasteiger partial charge on any atom is -0.127 e. The Bertz CT molecular complexity index is 205. The lowest BCUT2D eigenvalue weighted by atomic mass is 10.4. The van der Waals surface area contributed by atoms with Gasteiger partial charge in [0.1, 0.15) is 0 Å². The van der Waals surface area contributed by atoms with Crippen LogP contribution in [0, 0.1) is 0 Å². The average Bonchev–Trinajstić information content (AvgIpc) is 2.10. The zero-order valence-electron chi connectivity index (χ0n) is 4.95. The van der Waals surface area contributed by atoms with Gasteiger partial charge in [0.2, 0.25) is 0 Å². The van der Waals surface area contributed by atoms with E-state index in [2.05, 4.69) is 6.92 Å². The molecule has 1 rings (SSSR count). The maximum absolute atomic E-state index is 5.77. The van der Waals surface area contributed by atoms with Crippen LogP contribution in [0.5, 0.6) is 0 Å². The highest BCUT2D eigenvalue weighted by Gasteiger charge is 2.01. The first-order chi connectivity index (χ1) is 4.24. The summed E-state index contributed by atoms with van der Waals surface area (Å²) in [4.78, 5) is 1.17. The van der Waals surface area contributed by atoms with Crippen molar-refractivity contribution in [3.05, 3.63) is 20.3 Å². The summed E-state index contributed by atoms with van der Waals surface area (Å²) in [7, 11) is 0. The minimum absolute atomic E-state index is 0.775. The summed E-state index contributed by atoms with van der Waals surface area (Å²) in [5.74, 6) is 0. The summed E-state index contributed by atoms with van der Waals surface area (Å²) in [5.41, 5.74) is 0. The van der Waals surface area contributed by atoms with E-state index in [1.807, 2.05) is 0 Å². The SMILES string of the molecule is CCc1sc(Cl)cc1Cl. The van der Waals surface area contributed by atoms with Gasteiger partial charge in [-0.25, -0.2) is 0 Å². The highest BCUT2D eigenvalue weighted by atomic mass is 35.5. The van der Waals surface area contributed by atoms with Gasteiger partial charge < -0.3 is 0 Å². The molecule has 0 aliphatic rings. The van der Waals surface area contributed by atoms with Crippen LogP contribution in [0.2, 0.25) is 9.36 Å². The summed E-state index contributed by atoms with van der Waals surface area (Å²) in [6.07, 6.45) is 0.968. The van der Waals surface area contributed by atoms with E-state index in [0.717, 1.165) is 15.8 Å². The first-order valence-electron chi connectivity index (χ1n) is 2.67. The predicted molar refractivity (Wildman–Crippen MR) is 43.7 cm³/mol. The molecule has 0 amide bonds. The minimum atomic E-state index is 0.775. The second-order valence-corrected chi connectivity index (χ2v) is 3.85. The maximum Gasteiger partial charge on any atom is 0.0946 e. The molecule has 1 aromatic heterocycles. The van der Waals surface area contributed by atoms with Crippen molar-refractivity contribution in [1.82, 2.24) is 0 Å². The van der Waals surface area contributed by atoms with Gasteiger partial charge in [-0.1, -0.05) is 30.1 Å². The summed E-state index contributed by atoms with van der Waals surface area (Å²) in [6.45, 7) is 2.06. The molecule has 0 bridgehead atoms. The fourth-order valence-corrected chi connectivity index (χ4v) is 2.20. The van der Waals surface area contributed by atoms with E-state index in [4.69, 9.17) is 23.2 Å². The number of thiophene rings is 1. The van der Waals surface area contributed by atoms with Crippen LogP contribution in [0.15, 0.2) is 6.07 Å². The summed E-state index contributed by atoms with van der Waals surface area (Å²) >= 11 is 13.0. The molecule has 1 aromatic rings. The molecule has 0 saturated carbocycles. The zero-order chi connectivity index (χ0) is 6.85. The molecule has 0 saturated heterocycles. The van der Waals surface area contributed by atoms with E-state index in [-0.39, 0.29) is 0 Å². The van der Waals surface area contributed by atoms with Crippen LogP contribution >= 0.6 is 34.5 Å². The summed E-state index contributed by atoms with van der Waals surface area (Å²) < 4.78 is 0.775. The Morgan fingerprint density at radius 2 is 2.22 bits per heavy atom. The number of hydrogen-bond donors (Lipinski definition) is 0. The Morgan fingerprint density at radius 3 is 2.44 bits per heavy atom. The quantitative estimate of drug-likeness (QED) is 0.620. The van der Waals surface area contributed by atoms with Crippen LogP contribution in [0.25, 0.3) is 0 Å². The molecule has 0 aliphatic carbocycles. The molecular weight excluding hydrogens is 175 g/mol. The number of halogens is 2. The first-order valence-corrected chi connectivity index (χ1v) is 4.25. The van der Waals surface area contributed by atoms with Gasteiger partial charge in [0.15, 0.2) is 0 Å². The second kappa shape index (κ2) is 2.91. The second-order valence-electron chi connectivity index (χ2n) is 1.68. The lowest BCUT2D eigenvalue weighted by Crippen LogP contribution is -1.67. The van der Waals surface area contributed by atoms with Gasteiger partial charge in [-0.05, 0) is 12.5 Å². The number of hydrogen-bond acceptors (Lipinski definition) is 1. The molecule has 0 radical (unpaired) electrons. The smallest absolute Gasteiger partial charge is 0.0946 e. The van der Waals surface area contributed by atoms with Gasteiger partial charge in [-0.3, -0.25) is 0 Å². The molecule has 1 heterocycles. The van der Waals surface area contributed by atoms with Crippen LogP contribution in [-0.2, 0) is 6.42 Å². The number of aryl methyl sites for hydroxylation is 1. The lowest BCUT2D eigenvalue weighted by Gasteiger charge is -1.85. The maximum atomic E-state index is 5.77. The van der Waals surface area contributed by atoms with Gasteiger partial charge >= 0.3 is 0 Å². The Labute approximate surface area is 68.4 Å². The molecule has 0 aliphatic heterocycles. The molecule has 0 spiro atoms. The highest BCUT2D eigenvalue weighted by molar-refractivity contribution is 7.16. The molecular formula is C6H6Cl2S. The zero-order valence-corrected chi connectivity index (χ0v) is 7.28. The first kappa shape index (κ1) is 7.39.